The fraction of sp³-hybridized carbons (Fsp3) is 0.308. The molecule has 2 aliphatic carbocycles. The molecular formula is C26H26Cl2Hf. The van der Waals surface area contributed by atoms with Gasteiger partial charge in [0.25, 0.3) is 0 Å². The summed E-state index contributed by atoms with van der Waals surface area (Å²) in [5.41, 5.74) is 6.46. The van der Waals surface area contributed by atoms with Gasteiger partial charge in [-0.25, -0.2) is 0 Å². The Kier molecular flexibility index (Phi) is 9.19. The van der Waals surface area contributed by atoms with Gasteiger partial charge in [0.05, 0.1) is 0 Å². The molecule has 0 spiro atoms. The van der Waals surface area contributed by atoms with E-state index in [9.17, 15) is 0 Å². The van der Waals surface area contributed by atoms with Crippen molar-refractivity contribution >= 4 is 21.5 Å². The van der Waals surface area contributed by atoms with E-state index < -0.39 is 0 Å². The average molecular weight is 588 g/mol. The van der Waals surface area contributed by atoms with Crippen LogP contribution in [0.2, 0.25) is 0 Å². The predicted molar refractivity (Wildman–Crippen MR) is 112 cm³/mol. The molecule has 0 fully saturated rings. The molecule has 0 saturated heterocycles. The van der Waals surface area contributed by atoms with Gasteiger partial charge in [0.15, 0.2) is 0 Å². The molecule has 4 aromatic carbocycles. The van der Waals surface area contributed by atoms with E-state index in [1.54, 1.807) is 22.3 Å². The van der Waals surface area contributed by atoms with Gasteiger partial charge in [-0.2, -0.15) is 12.1 Å². The maximum absolute atomic E-state index is 2.38. The molecule has 0 aliphatic heterocycles. The van der Waals surface area contributed by atoms with Crippen molar-refractivity contribution in [2.45, 2.75) is 51.4 Å². The Balaban J connectivity index is 0.000000187. The molecule has 0 atom stereocenters. The number of benzene rings is 2. The molecule has 6 rings (SSSR count). The number of fused-ring (bicyclic) bond motifs is 6. The molecular weight excluding hydrogens is 562 g/mol. The first-order valence-corrected chi connectivity index (χ1v) is 10.2. The van der Waals surface area contributed by atoms with Crippen LogP contribution in [-0.2, 0) is 51.5 Å². The van der Waals surface area contributed by atoms with Crippen molar-refractivity contribution in [1.29, 1.82) is 0 Å². The van der Waals surface area contributed by atoms with Crippen LogP contribution in [0.15, 0.2) is 60.7 Å². The zero-order valence-electron chi connectivity index (χ0n) is 16.7. The van der Waals surface area contributed by atoms with Gasteiger partial charge in [0.2, 0.25) is 0 Å². The van der Waals surface area contributed by atoms with Crippen LogP contribution < -0.4 is 24.8 Å². The summed E-state index contributed by atoms with van der Waals surface area (Å²) in [6.45, 7) is 0. The van der Waals surface area contributed by atoms with E-state index in [4.69, 9.17) is 0 Å². The van der Waals surface area contributed by atoms with Gasteiger partial charge < -0.3 is 24.8 Å². The maximum atomic E-state index is 2.38. The van der Waals surface area contributed by atoms with E-state index in [1.165, 1.54) is 72.9 Å². The van der Waals surface area contributed by atoms with Crippen molar-refractivity contribution in [3.63, 3.8) is 0 Å². The van der Waals surface area contributed by atoms with Crippen molar-refractivity contribution < 1.29 is 50.7 Å². The van der Waals surface area contributed by atoms with Crippen molar-refractivity contribution in [3.8, 4) is 0 Å². The van der Waals surface area contributed by atoms with Crippen LogP contribution >= 0.6 is 0 Å². The Labute approximate surface area is 205 Å². The minimum Gasteiger partial charge on any atom is -1.00 e. The summed E-state index contributed by atoms with van der Waals surface area (Å²) >= 11 is 0. The molecule has 0 heterocycles. The van der Waals surface area contributed by atoms with E-state index in [1.807, 2.05) is 0 Å². The predicted octanol–water partition coefficient (Wildman–Crippen LogP) is 0.881. The molecule has 0 nitrogen and oxygen atoms in total. The molecule has 2 aliphatic rings. The Morgan fingerprint density at radius 2 is 0.966 bits per heavy atom. The van der Waals surface area contributed by atoms with Gasteiger partial charge >= 0.3 is 25.8 Å². The summed E-state index contributed by atoms with van der Waals surface area (Å²) in [5, 5.41) is 5.87. The molecule has 0 bridgehead atoms. The third-order valence-corrected chi connectivity index (χ3v) is 6.25. The fourth-order valence-electron chi connectivity index (χ4n) is 4.96. The number of hydrogen-bond acceptors (Lipinski definition) is 0. The fourth-order valence-corrected chi connectivity index (χ4v) is 4.96. The molecule has 29 heavy (non-hydrogen) atoms. The minimum absolute atomic E-state index is 0. The molecule has 4 aromatic rings. The number of aryl methyl sites for hydroxylation is 4. The molecule has 0 saturated carbocycles. The van der Waals surface area contributed by atoms with Crippen LogP contribution in [-0.4, -0.2) is 0 Å². The Morgan fingerprint density at radius 1 is 0.552 bits per heavy atom. The van der Waals surface area contributed by atoms with Crippen LogP contribution in [0.1, 0.15) is 47.9 Å². The summed E-state index contributed by atoms with van der Waals surface area (Å²) < 4.78 is 0. The second-order valence-electron chi connectivity index (χ2n) is 7.88. The van der Waals surface area contributed by atoms with Crippen LogP contribution in [0.25, 0.3) is 21.5 Å². The average Bonchev–Trinajstić information content (AvgIpc) is 3.27. The zero-order valence-corrected chi connectivity index (χ0v) is 21.8. The third kappa shape index (κ3) is 4.89. The first-order valence-electron chi connectivity index (χ1n) is 10.2. The van der Waals surface area contributed by atoms with Crippen LogP contribution in [0.3, 0.4) is 0 Å². The number of rotatable bonds is 0. The minimum atomic E-state index is 0. The summed E-state index contributed by atoms with van der Waals surface area (Å²) in [7, 11) is 0. The smallest absolute Gasteiger partial charge is 1.00 e. The molecule has 0 unspecified atom stereocenters. The summed E-state index contributed by atoms with van der Waals surface area (Å²) in [5.74, 6) is 0. The summed E-state index contributed by atoms with van der Waals surface area (Å²) in [4.78, 5) is 0. The van der Waals surface area contributed by atoms with Crippen molar-refractivity contribution in [1.82, 2.24) is 0 Å². The summed E-state index contributed by atoms with van der Waals surface area (Å²) in [6, 6.07) is 22.3. The largest absolute Gasteiger partial charge is 4.00 e. The maximum Gasteiger partial charge on any atom is 4.00 e. The molecule has 0 radical (unpaired) electrons. The van der Waals surface area contributed by atoms with Crippen LogP contribution in [0.4, 0.5) is 0 Å². The van der Waals surface area contributed by atoms with E-state index in [0.717, 1.165) is 0 Å². The quantitative estimate of drug-likeness (QED) is 0.212. The topological polar surface area (TPSA) is 0 Å². The molecule has 148 valence electrons. The van der Waals surface area contributed by atoms with Gasteiger partial charge in [0, 0.05) is 0 Å². The van der Waals surface area contributed by atoms with Crippen molar-refractivity contribution in [2.75, 3.05) is 0 Å². The van der Waals surface area contributed by atoms with Gasteiger partial charge in [0.1, 0.15) is 0 Å². The SMILES string of the molecule is [Cl-].[Cl-].[Hf+4].c1ccc2c(c1)cc1[c-]2CCCC1.c1ccc2c(c1)cc1[c-]2CCCC1. The van der Waals surface area contributed by atoms with Gasteiger partial charge in [-0.1, -0.05) is 50.7 Å². The van der Waals surface area contributed by atoms with E-state index >= 15 is 0 Å². The Hall–Kier alpha value is -0.890. The molecule has 0 N–H and O–H groups in total. The number of hydrogen-bond donors (Lipinski definition) is 0. The van der Waals surface area contributed by atoms with Crippen molar-refractivity contribution in [2.24, 2.45) is 0 Å². The summed E-state index contributed by atoms with van der Waals surface area (Å²) in [6.07, 6.45) is 10.7. The normalized spacial score (nSPS) is 14.3. The monoisotopic (exact) mass is 588 g/mol. The van der Waals surface area contributed by atoms with Gasteiger partial charge in [-0.05, 0) is 12.8 Å². The Bertz CT molecular complexity index is 971. The molecule has 0 amide bonds. The first-order chi connectivity index (χ1) is 12.9. The second-order valence-corrected chi connectivity index (χ2v) is 7.88. The van der Waals surface area contributed by atoms with E-state index in [-0.39, 0.29) is 50.7 Å². The standard InChI is InChI=1S/2C13H13.2ClH.Hf/c2*1-3-7-12-10(5-1)9-11-6-2-4-8-13(11)12;;;/h2*1,3,5,7,9H,2,4,6,8H2;2*1H;/q2*-1;;;+4/p-2. The first kappa shape index (κ1) is 24.4. The van der Waals surface area contributed by atoms with Gasteiger partial charge in [-0.15, -0.1) is 80.2 Å². The Morgan fingerprint density at radius 3 is 1.41 bits per heavy atom. The second kappa shape index (κ2) is 10.9. The third-order valence-electron chi connectivity index (χ3n) is 6.25. The number of halogens is 2. The molecule has 3 heteroatoms. The van der Waals surface area contributed by atoms with Crippen LogP contribution in [0, 0.1) is 0 Å². The molecule has 0 aromatic heterocycles. The zero-order chi connectivity index (χ0) is 17.3. The van der Waals surface area contributed by atoms with Gasteiger partial charge in [-0.3, -0.25) is 0 Å². The van der Waals surface area contributed by atoms with E-state index in [0.29, 0.717) is 0 Å². The van der Waals surface area contributed by atoms with E-state index in [2.05, 4.69) is 60.7 Å². The van der Waals surface area contributed by atoms with Crippen LogP contribution in [0.5, 0.6) is 0 Å². The van der Waals surface area contributed by atoms with Crippen molar-refractivity contribution in [3.05, 3.63) is 82.9 Å².